The fourth-order valence-corrected chi connectivity index (χ4v) is 0.781. The van der Waals surface area contributed by atoms with Gasteiger partial charge in [-0.2, -0.15) is 5.48 Å². The Labute approximate surface area is 78.3 Å². The molecule has 0 amide bonds. The molecule has 1 N–H and O–H groups in total. The maximum atomic E-state index is 5.19. The van der Waals surface area contributed by atoms with Crippen LogP contribution in [0.25, 0.3) is 0 Å². The first-order valence-electron chi connectivity index (χ1n) is 4.37. The Morgan fingerprint density at radius 2 is 2.08 bits per heavy atom. The predicted octanol–water partition coefficient (Wildman–Crippen LogP) is 1.15. The van der Waals surface area contributed by atoms with Gasteiger partial charge in [-0.3, -0.25) is 0 Å². The summed E-state index contributed by atoms with van der Waals surface area (Å²) in [5.41, 5.74) is 3.87. The minimum absolute atomic E-state index is 0.541. The van der Waals surface area contributed by atoms with Crippen LogP contribution in [0.15, 0.2) is 18.7 Å². The molecule has 0 radical (unpaired) electrons. The molecule has 0 atom stereocenters. The number of rotatable bonds is 5. The molecule has 0 saturated heterocycles. The van der Waals surface area contributed by atoms with Crippen LogP contribution in [-0.4, -0.2) is 16.6 Å². The van der Waals surface area contributed by atoms with Gasteiger partial charge in [-0.15, -0.1) is 0 Å². The number of hydrogen-bond acceptors (Lipinski definition) is 4. The summed E-state index contributed by atoms with van der Waals surface area (Å²) in [5, 5.41) is 0. The SMILES string of the molecule is CC(C)CONCc1cncnc1. The molecule has 0 unspecified atom stereocenters. The predicted molar refractivity (Wildman–Crippen MR) is 49.7 cm³/mol. The fraction of sp³-hybridized carbons (Fsp3) is 0.556. The molecule has 0 spiro atoms. The van der Waals surface area contributed by atoms with Crippen molar-refractivity contribution in [3.8, 4) is 0 Å². The molecule has 1 aromatic heterocycles. The second kappa shape index (κ2) is 5.61. The van der Waals surface area contributed by atoms with E-state index in [2.05, 4.69) is 29.3 Å². The third kappa shape index (κ3) is 4.55. The highest BCUT2D eigenvalue weighted by atomic mass is 16.6. The Morgan fingerprint density at radius 3 is 2.69 bits per heavy atom. The van der Waals surface area contributed by atoms with Crippen LogP contribution in [-0.2, 0) is 11.4 Å². The monoisotopic (exact) mass is 181 g/mol. The lowest BCUT2D eigenvalue weighted by Gasteiger charge is -2.06. The van der Waals surface area contributed by atoms with Gasteiger partial charge in [0, 0.05) is 24.5 Å². The van der Waals surface area contributed by atoms with Crippen LogP contribution < -0.4 is 5.48 Å². The van der Waals surface area contributed by atoms with E-state index in [0.29, 0.717) is 19.1 Å². The molecule has 0 aromatic carbocycles. The largest absolute Gasteiger partial charge is 0.301 e. The zero-order valence-electron chi connectivity index (χ0n) is 8.03. The topological polar surface area (TPSA) is 47.0 Å². The first-order valence-corrected chi connectivity index (χ1v) is 4.37. The van der Waals surface area contributed by atoms with Gasteiger partial charge in [0.05, 0.1) is 6.61 Å². The highest BCUT2D eigenvalue weighted by Gasteiger charge is 1.94. The van der Waals surface area contributed by atoms with Crippen LogP contribution in [0.1, 0.15) is 19.4 Å². The van der Waals surface area contributed by atoms with Crippen molar-refractivity contribution in [3.05, 3.63) is 24.3 Å². The van der Waals surface area contributed by atoms with Crippen molar-refractivity contribution in [2.24, 2.45) is 5.92 Å². The van der Waals surface area contributed by atoms with Gasteiger partial charge in [-0.05, 0) is 5.92 Å². The number of hydroxylamine groups is 1. The van der Waals surface area contributed by atoms with Crippen molar-refractivity contribution in [3.63, 3.8) is 0 Å². The van der Waals surface area contributed by atoms with Crippen LogP contribution in [0.2, 0.25) is 0 Å². The van der Waals surface area contributed by atoms with Gasteiger partial charge in [0.1, 0.15) is 6.33 Å². The Bertz CT molecular complexity index is 226. The van der Waals surface area contributed by atoms with E-state index >= 15 is 0 Å². The van der Waals surface area contributed by atoms with Gasteiger partial charge in [0.2, 0.25) is 0 Å². The van der Waals surface area contributed by atoms with E-state index in [1.54, 1.807) is 12.4 Å². The van der Waals surface area contributed by atoms with E-state index < -0.39 is 0 Å². The molecule has 0 fully saturated rings. The molecule has 0 saturated carbocycles. The minimum Gasteiger partial charge on any atom is -0.301 e. The van der Waals surface area contributed by atoms with Gasteiger partial charge in [0.25, 0.3) is 0 Å². The van der Waals surface area contributed by atoms with E-state index in [4.69, 9.17) is 4.84 Å². The molecule has 0 aliphatic rings. The third-order valence-corrected chi connectivity index (χ3v) is 1.41. The second-order valence-electron chi connectivity index (χ2n) is 3.27. The summed E-state index contributed by atoms with van der Waals surface area (Å²) in [6.45, 7) is 5.57. The quantitative estimate of drug-likeness (QED) is 0.547. The molecule has 1 heterocycles. The molecule has 4 nitrogen and oxygen atoms in total. The lowest BCUT2D eigenvalue weighted by Crippen LogP contribution is -2.17. The molecule has 0 bridgehead atoms. The summed E-state index contributed by atoms with van der Waals surface area (Å²) in [6, 6.07) is 0. The Morgan fingerprint density at radius 1 is 1.38 bits per heavy atom. The van der Waals surface area contributed by atoms with Gasteiger partial charge in [-0.1, -0.05) is 13.8 Å². The molecular weight excluding hydrogens is 166 g/mol. The van der Waals surface area contributed by atoms with Crippen LogP contribution >= 0.6 is 0 Å². The summed E-state index contributed by atoms with van der Waals surface area (Å²) < 4.78 is 0. The number of nitrogens with one attached hydrogen (secondary N) is 1. The average Bonchev–Trinajstić information content (AvgIpc) is 2.14. The van der Waals surface area contributed by atoms with Crippen molar-refractivity contribution in [1.82, 2.24) is 15.4 Å². The zero-order chi connectivity index (χ0) is 9.52. The normalized spacial score (nSPS) is 10.7. The average molecular weight is 181 g/mol. The van der Waals surface area contributed by atoms with Crippen LogP contribution in [0.5, 0.6) is 0 Å². The van der Waals surface area contributed by atoms with Crippen molar-refractivity contribution in [2.45, 2.75) is 20.4 Å². The van der Waals surface area contributed by atoms with Crippen LogP contribution in [0.4, 0.5) is 0 Å². The van der Waals surface area contributed by atoms with Crippen molar-refractivity contribution in [1.29, 1.82) is 0 Å². The molecule has 1 aromatic rings. The highest BCUT2D eigenvalue weighted by Crippen LogP contribution is 1.93. The summed E-state index contributed by atoms with van der Waals surface area (Å²) in [7, 11) is 0. The highest BCUT2D eigenvalue weighted by molar-refractivity contribution is 5.00. The van der Waals surface area contributed by atoms with E-state index in [1.165, 1.54) is 6.33 Å². The van der Waals surface area contributed by atoms with E-state index in [-0.39, 0.29) is 0 Å². The number of aromatic nitrogens is 2. The lowest BCUT2D eigenvalue weighted by atomic mass is 10.2. The van der Waals surface area contributed by atoms with E-state index in [0.717, 1.165) is 5.56 Å². The molecule has 13 heavy (non-hydrogen) atoms. The molecule has 0 aliphatic carbocycles. The summed E-state index contributed by atoms with van der Waals surface area (Å²) >= 11 is 0. The van der Waals surface area contributed by atoms with Gasteiger partial charge >= 0.3 is 0 Å². The maximum Gasteiger partial charge on any atom is 0.115 e. The lowest BCUT2D eigenvalue weighted by molar-refractivity contribution is 0.0195. The van der Waals surface area contributed by atoms with Crippen molar-refractivity contribution in [2.75, 3.05) is 6.61 Å². The zero-order valence-corrected chi connectivity index (χ0v) is 8.03. The standard InChI is InChI=1S/C9H15N3O/c1-8(2)6-13-12-5-9-3-10-7-11-4-9/h3-4,7-8,12H,5-6H2,1-2H3. The number of nitrogens with zero attached hydrogens (tertiary/aromatic N) is 2. The maximum absolute atomic E-state index is 5.19. The first kappa shape index (κ1) is 10.1. The summed E-state index contributed by atoms with van der Waals surface area (Å²) in [6.07, 6.45) is 5.04. The van der Waals surface area contributed by atoms with E-state index in [1.807, 2.05) is 0 Å². The molecule has 4 heteroatoms. The van der Waals surface area contributed by atoms with Crippen LogP contribution in [0.3, 0.4) is 0 Å². The molecule has 72 valence electrons. The van der Waals surface area contributed by atoms with Gasteiger partial charge in [-0.25, -0.2) is 9.97 Å². The Kier molecular flexibility index (Phi) is 4.35. The van der Waals surface area contributed by atoms with Gasteiger partial charge < -0.3 is 4.84 Å². The Hall–Kier alpha value is -1.00. The van der Waals surface area contributed by atoms with Crippen molar-refractivity contribution < 1.29 is 4.84 Å². The Balaban J connectivity index is 2.13. The molecule has 1 rings (SSSR count). The smallest absolute Gasteiger partial charge is 0.115 e. The van der Waals surface area contributed by atoms with Crippen LogP contribution in [0, 0.1) is 5.92 Å². The molecular formula is C9H15N3O. The fourth-order valence-electron chi connectivity index (χ4n) is 0.781. The third-order valence-electron chi connectivity index (χ3n) is 1.41. The molecule has 0 aliphatic heterocycles. The van der Waals surface area contributed by atoms with E-state index in [9.17, 15) is 0 Å². The van der Waals surface area contributed by atoms with Crippen molar-refractivity contribution >= 4 is 0 Å². The minimum atomic E-state index is 0.541. The summed E-state index contributed by atoms with van der Waals surface area (Å²) in [5.74, 6) is 0.541. The number of hydrogen-bond donors (Lipinski definition) is 1. The van der Waals surface area contributed by atoms with Gasteiger partial charge in [0.15, 0.2) is 0 Å². The second-order valence-corrected chi connectivity index (χ2v) is 3.27. The summed E-state index contributed by atoms with van der Waals surface area (Å²) in [4.78, 5) is 13.0. The first-order chi connectivity index (χ1) is 6.29.